The van der Waals surface area contributed by atoms with E-state index < -0.39 is 5.97 Å². The molecule has 0 unspecified atom stereocenters. The van der Waals surface area contributed by atoms with E-state index in [1.54, 1.807) is 0 Å². The summed E-state index contributed by atoms with van der Waals surface area (Å²) >= 11 is 1.39. The molecule has 2 N–H and O–H groups in total. The predicted molar refractivity (Wildman–Crippen MR) is 129 cm³/mol. The van der Waals surface area contributed by atoms with E-state index in [-0.39, 0.29) is 24.0 Å². The van der Waals surface area contributed by atoms with Crippen LogP contribution in [0.25, 0.3) is 0 Å². The Hall–Kier alpha value is -1.40. The summed E-state index contributed by atoms with van der Waals surface area (Å²) < 4.78 is 0. The molecule has 1 amide bonds. The van der Waals surface area contributed by atoms with Crippen molar-refractivity contribution in [2.45, 2.75) is 109 Å². The molecule has 3 aliphatic carbocycles. The molecular weight excluding hydrogens is 422 g/mol. The third-order valence-corrected chi connectivity index (χ3v) is 9.51. The molecule has 6 heteroatoms. The van der Waals surface area contributed by atoms with Crippen molar-refractivity contribution in [2.75, 3.05) is 4.90 Å². The van der Waals surface area contributed by atoms with E-state index in [1.807, 2.05) is 11.0 Å². The largest absolute Gasteiger partial charge is 0.477 e. The van der Waals surface area contributed by atoms with Crippen molar-refractivity contribution in [3.8, 4) is 0 Å². The number of aliphatic hydroxyl groups is 1. The van der Waals surface area contributed by atoms with Gasteiger partial charge < -0.3 is 15.1 Å². The van der Waals surface area contributed by atoms with Gasteiger partial charge in [0.25, 0.3) is 0 Å². The van der Waals surface area contributed by atoms with Crippen molar-refractivity contribution in [3.05, 3.63) is 15.8 Å². The fourth-order valence-corrected chi connectivity index (χ4v) is 7.15. The SMILES string of the molecule is C[C@H]1CC[C@H](C(=O)N(c2cc([C@H]3CC[C@H](C)CC3)sc2C(=O)O)[C@H]2CC[C@H](O)CC2)CC1. The fraction of sp³-hybridized carbons (Fsp3) is 0.769. The van der Waals surface area contributed by atoms with Gasteiger partial charge >= 0.3 is 5.97 Å². The lowest BCUT2D eigenvalue weighted by Crippen LogP contribution is -2.47. The van der Waals surface area contributed by atoms with Crippen LogP contribution in [0.5, 0.6) is 0 Å². The minimum atomic E-state index is -0.925. The van der Waals surface area contributed by atoms with Gasteiger partial charge in [-0.05, 0) is 88.0 Å². The molecule has 0 atom stereocenters. The van der Waals surface area contributed by atoms with Crippen LogP contribution in [-0.2, 0) is 4.79 Å². The van der Waals surface area contributed by atoms with Crippen LogP contribution in [0, 0.1) is 17.8 Å². The van der Waals surface area contributed by atoms with E-state index in [0.29, 0.717) is 35.2 Å². The Bertz CT molecular complexity index is 797. The molecule has 3 aliphatic rings. The molecule has 5 nitrogen and oxygen atoms in total. The second kappa shape index (κ2) is 10.3. The van der Waals surface area contributed by atoms with Gasteiger partial charge in [0.15, 0.2) is 0 Å². The normalized spacial score (nSPS) is 33.6. The summed E-state index contributed by atoms with van der Waals surface area (Å²) in [6, 6.07) is 2.03. The number of carboxylic acids is 1. The zero-order valence-electron chi connectivity index (χ0n) is 19.6. The second-order valence-electron chi connectivity index (χ2n) is 10.8. The number of amides is 1. The minimum absolute atomic E-state index is 0.0152. The standard InChI is InChI=1S/C26H39NO4S/c1-16-3-7-18(8-4-16)23-15-22(24(32-23)26(30)31)27(20-11-13-21(28)14-12-20)25(29)19-9-5-17(2)6-10-19/h15-21,28H,3-14H2,1-2H3,(H,30,31)/t16-,17-,18-,19-,20-,21-. The second-order valence-corrected chi connectivity index (χ2v) is 11.8. The first kappa shape index (κ1) is 23.7. The first-order chi connectivity index (χ1) is 15.3. The van der Waals surface area contributed by atoms with E-state index in [4.69, 9.17) is 0 Å². The fourth-order valence-electron chi connectivity index (χ4n) is 5.99. The summed E-state index contributed by atoms with van der Waals surface area (Å²) in [5.41, 5.74) is 0.626. The van der Waals surface area contributed by atoms with Crippen LogP contribution in [0.1, 0.15) is 111 Å². The van der Waals surface area contributed by atoms with Crippen molar-refractivity contribution in [3.63, 3.8) is 0 Å². The number of hydrogen-bond acceptors (Lipinski definition) is 4. The average molecular weight is 462 g/mol. The summed E-state index contributed by atoms with van der Waals surface area (Å²) in [5.74, 6) is 0.981. The molecule has 0 radical (unpaired) electrons. The third kappa shape index (κ3) is 5.22. The lowest BCUT2D eigenvalue weighted by molar-refractivity contribution is -0.124. The van der Waals surface area contributed by atoms with Crippen LogP contribution in [0.4, 0.5) is 5.69 Å². The van der Waals surface area contributed by atoms with Crippen LogP contribution in [0.2, 0.25) is 0 Å². The molecule has 3 fully saturated rings. The van der Waals surface area contributed by atoms with E-state index >= 15 is 0 Å². The van der Waals surface area contributed by atoms with Gasteiger partial charge in [-0.25, -0.2) is 4.79 Å². The zero-order chi connectivity index (χ0) is 22.8. The van der Waals surface area contributed by atoms with Gasteiger partial charge in [0.2, 0.25) is 5.91 Å². The van der Waals surface area contributed by atoms with Crippen molar-refractivity contribution in [1.82, 2.24) is 0 Å². The smallest absolute Gasteiger partial charge is 0.348 e. The van der Waals surface area contributed by atoms with Crippen LogP contribution in [-0.4, -0.2) is 34.2 Å². The first-order valence-electron chi connectivity index (χ1n) is 12.7. The number of anilines is 1. The van der Waals surface area contributed by atoms with E-state index in [0.717, 1.165) is 62.2 Å². The Morgan fingerprint density at radius 3 is 2.00 bits per heavy atom. The molecule has 32 heavy (non-hydrogen) atoms. The third-order valence-electron chi connectivity index (χ3n) is 8.24. The van der Waals surface area contributed by atoms with Gasteiger partial charge in [0, 0.05) is 16.8 Å². The number of nitrogens with zero attached hydrogens (tertiary/aromatic N) is 1. The molecule has 178 valence electrons. The number of carbonyl (C=O) groups excluding carboxylic acids is 1. The molecule has 0 aromatic carbocycles. The molecule has 0 bridgehead atoms. The zero-order valence-corrected chi connectivity index (χ0v) is 20.4. The Morgan fingerprint density at radius 2 is 1.44 bits per heavy atom. The highest BCUT2D eigenvalue weighted by molar-refractivity contribution is 7.14. The van der Waals surface area contributed by atoms with Crippen molar-refractivity contribution in [2.24, 2.45) is 17.8 Å². The Morgan fingerprint density at radius 1 is 0.875 bits per heavy atom. The summed E-state index contributed by atoms with van der Waals surface area (Å²) in [6.07, 6.45) is 11.0. The predicted octanol–water partition coefficient (Wildman–Crippen LogP) is 6.20. The lowest BCUT2D eigenvalue weighted by atomic mass is 9.81. The van der Waals surface area contributed by atoms with Crippen LogP contribution < -0.4 is 4.90 Å². The number of aliphatic hydroxyl groups excluding tert-OH is 1. The quantitative estimate of drug-likeness (QED) is 0.547. The molecule has 0 saturated heterocycles. The number of hydrogen-bond donors (Lipinski definition) is 2. The molecular formula is C26H39NO4S. The van der Waals surface area contributed by atoms with E-state index in [2.05, 4.69) is 13.8 Å². The topological polar surface area (TPSA) is 77.8 Å². The summed E-state index contributed by atoms with van der Waals surface area (Å²) in [6.45, 7) is 4.54. The lowest BCUT2D eigenvalue weighted by Gasteiger charge is -2.38. The van der Waals surface area contributed by atoms with E-state index in [9.17, 15) is 19.8 Å². The molecule has 1 aromatic heterocycles. The van der Waals surface area contributed by atoms with Gasteiger partial charge in [0.05, 0.1) is 11.8 Å². The van der Waals surface area contributed by atoms with Crippen LogP contribution >= 0.6 is 11.3 Å². The van der Waals surface area contributed by atoms with E-state index in [1.165, 1.54) is 24.2 Å². The van der Waals surface area contributed by atoms with Gasteiger partial charge in [-0.15, -0.1) is 11.3 Å². The van der Waals surface area contributed by atoms with Crippen molar-refractivity contribution < 1.29 is 19.8 Å². The first-order valence-corrected chi connectivity index (χ1v) is 13.5. The maximum atomic E-state index is 13.9. The highest BCUT2D eigenvalue weighted by Gasteiger charge is 2.38. The molecule has 0 spiro atoms. The molecule has 0 aliphatic heterocycles. The number of rotatable bonds is 5. The molecule has 1 heterocycles. The summed E-state index contributed by atoms with van der Waals surface area (Å²) in [5, 5.41) is 20.1. The van der Waals surface area contributed by atoms with Crippen molar-refractivity contribution >= 4 is 28.9 Å². The molecule has 3 saturated carbocycles. The van der Waals surface area contributed by atoms with Gasteiger partial charge in [0.1, 0.15) is 4.88 Å². The Balaban J connectivity index is 1.66. The van der Waals surface area contributed by atoms with Gasteiger partial charge in [-0.1, -0.05) is 26.7 Å². The van der Waals surface area contributed by atoms with Crippen LogP contribution in [0.15, 0.2) is 6.07 Å². The highest BCUT2D eigenvalue weighted by atomic mass is 32.1. The van der Waals surface area contributed by atoms with Gasteiger partial charge in [-0.3, -0.25) is 4.79 Å². The highest BCUT2D eigenvalue weighted by Crippen LogP contribution is 2.44. The maximum Gasteiger partial charge on any atom is 0.348 e. The summed E-state index contributed by atoms with van der Waals surface area (Å²) in [7, 11) is 0. The monoisotopic (exact) mass is 461 g/mol. The Kier molecular flexibility index (Phi) is 7.61. The minimum Gasteiger partial charge on any atom is -0.477 e. The van der Waals surface area contributed by atoms with Gasteiger partial charge in [-0.2, -0.15) is 0 Å². The maximum absolute atomic E-state index is 13.9. The molecule has 4 rings (SSSR count). The molecule has 1 aromatic rings. The Labute approximate surface area is 196 Å². The summed E-state index contributed by atoms with van der Waals surface area (Å²) in [4.78, 5) is 29.5. The number of carbonyl (C=O) groups is 2. The number of carboxylic acid groups (broad SMARTS) is 1. The van der Waals surface area contributed by atoms with Crippen LogP contribution in [0.3, 0.4) is 0 Å². The number of thiophene rings is 1. The number of aromatic carboxylic acids is 1. The average Bonchev–Trinajstić information content (AvgIpc) is 3.21. The van der Waals surface area contributed by atoms with Crippen molar-refractivity contribution in [1.29, 1.82) is 0 Å².